The Morgan fingerprint density at radius 2 is 2.17 bits per heavy atom. The van der Waals surface area contributed by atoms with E-state index in [0.29, 0.717) is 19.8 Å². The second-order valence-corrected chi connectivity index (χ2v) is 2.81. The summed E-state index contributed by atoms with van der Waals surface area (Å²) in [7, 11) is 0. The lowest BCUT2D eigenvalue weighted by Gasteiger charge is -2.21. The fourth-order valence-corrected chi connectivity index (χ4v) is 1.02. The van der Waals surface area contributed by atoms with Gasteiger partial charge >= 0.3 is 0 Å². The van der Waals surface area contributed by atoms with E-state index in [4.69, 9.17) is 21.1 Å². The van der Waals surface area contributed by atoms with Gasteiger partial charge in [0.2, 0.25) is 5.78 Å². The fraction of sp³-hybridized carbons (Fsp3) is 0.714. The summed E-state index contributed by atoms with van der Waals surface area (Å²) in [5.74, 6) is -0.618. The topological polar surface area (TPSA) is 52.6 Å². The molecule has 5 heteroatoms. The monoisotopic (exact) mass is 192 g/mol. The minimum Gasteiger partial charge on any atom is -0.376 e. The predicted molar refractivity (Wildman–Crippen MR) is 41.0 cm³/mol. The van der Waals surface area contributed by atoms with Gasteiger partial charge in [-0.2, -0.15) is 0 Å². The lowest BCUT2D eigenvalue weighted by Crippen LogP contribution is -2.31. The molecular weight excluding hydrogens is 184 g/mol. The summed E-state index contributed by atoms with van der Waals surface area (Å²) in [6, 6.07) is 0. The molecular formula is C7H9ClO4. The van der Waals surface area contributed by atoms with E-state index in [0.717, 1.165) is 0 Å². The average molecular weight is 193 g/mol. The highest BCUT2D eigenvalue weighted by Gasteiger charge is 2.21. The normalized spacial score (nSPS) is 23.6. The molecule has 12 heavy (non-hydrogen) atoms. The Morgan fingerprint density at radius 1 is 1.42 bits per heavy atom. The Morgan fingerprint density at radius 3 is 2.67 bits per heavy atom. The number of ether oxygens (including phenoxy) is 2. The molecule has 1 aliphatic rings. The molecule has 1 rings (SSSR count). The number of ketones is 1. The summed E-state index contributed by atoms with van der Waals surface area (Å²) in [5.41, 5.74) is 0. The van der Waals surface area contributed by atoms with E-state index in [1.165, 1.54) is 0 Å². The SMILES string of the molecule is O=C(Cl)C(=O)CC1COCCO1. The summed E-state index contributed by atoms with van der Waals surface area (Å²) in [6.07, 6.45) is -0.295. The van der Waals surface area contributed by atoms with E-state index in [1.54, 1.807) is 0 Å². The van der Waals surface area contributed by atoms with Crippen molar-refractivity contribution in [2.45, 2.75) is 12.5 Å². The number of hydrogen-bond donors (Lipinski definition) is 0. The van der Waals surface area contributed by atoms with Gasteiger partial charge in [0.25, 0.3) is 5.24 Å². The van der Waals surface area contributed by atoms with Gasteiger partial charge in [0.05, 0.1) is 25.9 Å². The van der Waals surface area contributed by atoms with Crippen molar-refractivity contribution in [1.29, 1.82) is 0 Å². The molecule has 0 spiro atoms. The highest BCUT2D eigenvalue weighted by Crippen LogP contribution is 2.06. The highest BCUT2D eigenvalue weighted by molar-refractivity contribution is 6.81. The number of halogens is 1. The van der Waals surface area contributed by atoms with Gasteiger partial charge in [-0.3, -0.25) is 9.59 Å². The zero-order valence-electron chi connectivity index (χ0n) is 6.42. The van der Waals surface area contributed by atoms with E-state index in [1.807, 2.05) is 0 Å². The van der Waals surface area contributed by atoms with Crippen LogP contribution in [-0.4, -0.2) is 37.0 Å². The summed E-state index contributed by atoms with van der Waals surface area (Å²) < 4.78 is 10.2. The van der Waals surface area contributed by atoms with Crippen LogP contribution in [0.25, 0.3) is 0 Å². The summed E-state index contributed by atoms with van der Waals surface area (Å²) >= 11 is 4.96. The van der Waals surface area contributed by atoms with Crippen LogP contribution in [0, 0.1) is 0 Å². The van der Waals surface area contributed by atoms with Crippen LogP contribution in [0.3, 0.4) is 0 Å². The Labute approximate surface area is 74.8 Å². The van der Waals surface area contributed by atoms with E-state index in [2.05, 4.69) is 0 Å². The molecule has 1 saturated heterocycles. The second-order valence-electron chi connectivity index (χ2n) is 2.47. The Balaban J connectivity index is 2.29. The van der Waals surface area contributed by atoms with Gasteiger partial charge < -0.3 is 9.47 Å². The lowest BCUT2D eigenvalue weighted by molar-refractivity contribution is -0.138. The van der Waals surface area contributed by atoms with Crippen LogP contribution in [0.5, 0.6) is 0 Å². The molecule has 0 aromatic heterocycles. The van der Waals surface area contributed by atoms with Crippen molar-refractivity contribution < 1.29 is 19.1 Å². The average Bonchev–Trinajstić information content (AvgIpc) is 2.06. The zero-order chi connectivity index (χ0) is 8.97. The van der Waals surface area contributed by atoms with E-state index in [9.17, 15) is 9.59 Å². The molecule has 0 bridgehead atoms. The third-order valence-electron chi connectivity index (χ3n) is 1.52. The minimum absolute atomic E-state index is 0.0162. The summed E-state index contributed by atoms with van der Waals surface area (Å²) in [4.78, 5) is 21.1. The molecule has 0 amide bonds. The largest absolute Gasteiger partial charge is 0.376 e. The van der Waals surface area contributed by atoms with Crippen molar-refractivity contribution in [2.75, 3.05) is 19.8 Å². The molecule has 1 heterocycles. The van der Waals surface area contributed by atoms with E-state index < -0.39 is 11.0 Å². The van der Waals surface area contributed by atoms with Gasteiger partial charge in [-0.1, -0.05) is 0 Å². The van der Waals surface area contributed by atoms with Crippen molar-refractivity contribution >= 4 is 22.6 Å². The molecule has 0 aliphatic carbocycles. The van der Waals surface area contributed by atoms with Crippen molar-refractivity contribution in [3.63, 3.8) is 0 Å². The number of carbonyl (C=O) groups excluding carboxylic acids is 2. The molecule has 1 unspecified atom stereocenters. The van der Waals surface area contributed by atoms with Crippen LogP contribution >= 0.6 is 11.6 Å². The lowest BCUT2D eigenvalue weighted by atomic mass is 10.2. The third kappa shape index (κ3) is 2.89. The van der Waals surface area contributed by atoms with Gasteiger partial charge in [-0.25, -0.2) is 0 Å². The molecule has 0 radical (unpaired) electrons. The van der Waals surface area contributed by atoms with Gasteiger partial charge in [0.15, 0.2) is 0 Å². The standard InChI is InChI=1S/C7H9ClO4/c8-7(10)6(9)3-5-4-11-1-2-12-5/h5H,1-4H2. The minimum atomic E-state index is -0.941. The van der Waals surface area contributed by atoms with E-state index in [-0.39, 0.29) is 12.5 Å². The smallest absolute Gasteiger partial charge is 0.288 e. The maximum atomic E-state index is 10.8. The third-order valence-corrected chi connectivity index (χ3v) is 1.73. The number of hydrogen-bond acceptors (Lipinski definition) is 4. The van der Waals surface area contributed by atoms with Gasteiger partial charge in [0, 0.05) is 6.42 Å². The van der Waals surface area contributed by atoms with Crippen LogP contribution in [0.1, 0.15) is 6.42 Å². The van der Waals surface area contributed by atoms with Crippen LogP contribution in [0.4, 0.5) is 0 Å². The van der Waals surface area contributed by atoms with Crippen LogP contribution in [-0.2, 0) is 19.1 Å². The number of Topliss-reactive ketones (excluding diaryl/α,β-unsaturated/α-hetero) is 1. The first-order valence-corrected chi connectivity index (χ1v) is 4.00. The maximum absolute atomic E-state index is 10.8. The van der Waals surface area contributed by atoms with Crippen LogP contribution < -0.4 is 0 Å². The van der Waals surface area contributed by atoms with E-state index >= 15 is 0 Å². The van der Waals surface area contributed by atoms with Crippen LogP contribution in [0.15, 0.2) is 0 Å². The first kappa shape index (κ1) is 9.64. The molecule has 0 saturated carbocycles. The molecule has 4 nitrogen and oxygen atoms in total. The Hall–Kier alpha value is -0.450. The van der Waals surface area contributed by atoms with Crippen molar-refractivity contribution in [3.8, 4) is 0 Å². The van der Waals surface area contributed by atoms with Crippen molar-refractivity contribution in [3.05, 3.63) is 0 Å². The van der Waals surface area contributed by atoms with Gasteiger partial charge in [0.1, 0.15) is 0 Å². The highest BCUT2D eigenvalue weighted by atomic mass is 35.5. The zero-order valence-corrected chi connectivity index (χ0v) is 7.17. The quantitative estimate of drug-likeness (QED) is 0.471. The first-order chi connectivity index (χ1) is 5.70. The summed E-state index contributed by atoms with van der Waals surface area (Å²) in [6.45, 7) is 1.36. The van der Waals surface area contributed by atoms with Crippen molar-refractivity contribution in [2.24, 2.45) is 0 Å². The van der Waals surface area contributed by atoms with Crippen molar-refractivity contribution in [1.82, 2.24) is 0 Å². The summed E-state index contributed by atoms with van der Waals surface area (Å²) in [5, 5.41) is -0.941. The molecule has 1 fully saturated rings. The molecule has 0 aromatic carbocycles. The molecule has 0 N–H and O–H groups in total. The first-order valence-electron chi connectivity index (χ1n) is 3.62. The molecule has 68 valence electrons. The molecule has 0 aromatic rings. The van der Waals surface area contributed by atoms with Gasteiger partial charge in [-0.15, -0.1) is 0 Å². The Bertz CT molecular complexity index is 186. The maximum Gasteiger partial charge on any atom is 0.288 e. The Kier molecular flexibility index (Phi) is 3.65. The van der Waals surface area contributed by atoms with Crippen LogP contribution in [0.2, 0.25) is 0 Å². The fourth-order valence-electron chi connectivity index (χ4n) is 0.941. The second kappa shape index (κ2) is 4.54. The van der Waals surface area contributed by atoms with Gasteiger partial charge in [-0.05, 0) is 11.6 Å². The number of rotatable bonds is 3. The molecule has 1 aliphatic heterocycles. The number of carbonyl (C=O) groups is 2. The predicted octanol–water partition coefficient (Wildman–Crippen LogP) is 0.126. The molecule has 1 atom stereocenters.